The molecule has 0 aliphatic carbocycles. The van der Waals surface area contributed by atoms with E-state index >= 15 is 0 Å². The molecule has 0 saturated carbocycles. The first-order chi connectivity index (χ1) is 11.0. The number of aromatic nitrogens is 1. The minimum Gasteiger partial charge on any atom is -0.442 e. The minimum atomic E-state index is 0.713. The van der Waals surface area contributed by atoms with E-state index in [0.717, 1.165) is 35.8 Å². The molecular formula is C19H23ClN2O. The predicted octanol–water partition coefficient (Wildman–Crippen LogP) is 5.39. The Balaban J connectivity index is 2.04. The molecule has 3 nitrogen and oxygen atoms in total. The van der Waals surface area contributed by atoms with Gasteiger partial charge in [0.15, 0.2) is 12.2 Å². The predicted molar refractivity (Wildman–Crippen MR) is 97.4 cm³/mol. The van der Waals surface area contributed by atoms with Crippen molar-refractivity contribution >= 4 is 22.9 Å². The molecule has 1 N–H and O–H groups in total. The van der Waals surface area contributed by atoms with E-state index in [4.69, 9.17) is 16.0 Å². The fourth-order valence-corrected chi connectivity index (χ4v) is 2.73. The number of rotatable bonds is 7. The van der Waals surface area contributed by atoms with E-state index in [0.29, 0.717) is 5.76 Å². The molecule has 0 amide bonds. The summed E-state index contributed by atoms with van der Waals surface area (Å²) in [5.74, 6) is 0.713. The molecule has 0 aliphatic rings. The SMILES string of the molecule is C=C(NCC/C(=C/CC)c1cc(Cl)ccc1C)c1ocnc1C. The highest BCUT2D eigenvalue weighted by Gasteiger charge is 2.09. The maximum Gasteiger partial charge on any atom is 0.181 e. The summed E-state index contributed by atoms with van der Waals surface area (Å²) in [5.41, 5.74) is 5.35. The van der Waals surface area contributed by atoms with Crippen molar-refractivity contribution in [2.24, 2.45) is 0 Å². The number of aryl methyl sites for hydroxylation is 2. The van der Waals surface area contributed by atoms with Crippen LogP contribution in [0, 0.1) is 13.8 Å². The molecule has 1 heterocycles. The summed E-state index contributed by atoms with van der Waals surface area (Å²) in [4.78, 5) is 4.09. The molecular weight excluding hydrogens is 308 g/mol. The first-order valence-corrected chi connectivity index (χ1v) is 8.19. The van der Waals surface area contributed by atoms with Gasteiger partial charge in [0.2, 0.25) is 0 Å². The van der Waals surface area contributed by atoms with Crippen LogP contribution in [-0.4, -0.2) is 11.5 Å². The van der Waals surface area contributed by atoms with Crippen molar-refractivity contribution in [2.45, 2.75) is 33.6 Å². The number of benzene rings is 1. The largest absolute Gasteiger partial charge is 0.442 e. The van der Waals surface area contributed by atoms with E-state index in [1.807, 2.05) is 19.1 Å². The van der Waals surface area contributed by atoms with Crippen LogP contribution >= 0.6 is 11.6 Å². The summed E-state index contributed by atoms with van der Waals surface area (Å²) in [6.45, 7) is 11.0. The lowest BCUT2D eigenvalue weighted by atomic mass is 9.97. The summed E-state index contributed by atoms with van der Waals surface area (Å²) in [7, 11) is 0. The molecule has 0 spiro atoms. The summed E-state index contributed by atoms with van der Waals surface area (Å²) < 4.78 is 5.35. The quantitative estimate of drug-likeness (QED) is 0.739. The molecule has 1 aromatic carbocycles. The van der Waals surface area contributed by atoms with Gasteiger partial charge < -0.3 is 9.73 Å². The Labute approximate surface area is 143 Å². The maximum absolute atomic E-state index is 6.15. The Bertz CT molecular complexity index is 716. The molecule has 23 heavy (non-hydrogen) atoms. The monoisotopic (exact) mass is 330 g/mol. The van der Waals surface area contributed by atoms with Crippen LogP contribution < -0.4 is 5.32 Å². The summed E-state index contributed by atoms with van der Waals surface area (Å²) in [5, 5.41) is 4.08. The minimum absolute atomic E-state index is 0.713. The molecule has 0 aliphatic heterocycles. The highest BCUT2D eigenvalue weighted by molar-refractivity contribution is 6.30. The van der Waals surface area contributed by atoms with Crippen LogP contribution in [0.1, 0.15) is 42.3 Å². The number of hydrogen-bond acceptors (Lipinski definition) is 3. The lowest BCUT2D eigenvalue weighted by Gasteiger charge is -2.13. The van der Waals surface area contributed by atoms with Gasteiger partial charge in [-0.3, -0.25) is 0 Å². The summed E-state index contributed by atoms with van der Waals surface area (Å²) >= 11 is 6.15. The lowest BCUT2D eigenvalue weighted by molar-refractivity contribution is 0.538. The topological polar surface area (TPSA) is 38.1 Å². The first-order valence-electron chi connectivity index (χ1n) is 7.81. The molecule has 0 bridgehead atoms. The second-order valence-corrected chi connectivity index (χ2v) is 5.96. The van der Waals surface area contributed by atoms with Crippen molar-refractivity contribution in [3.63, 3.8) is 0 Å². The van der Waals surface area contributed by atoms with Crippen molar-refractivity contribution in [2.75, 3.05) is 6.54 Å². The normalized spacial score (nSPS) is 11.6. The van der Waals surface area contributed by atoms with Gasteiger partial charge in [-0.15, -0.1) is 0 Å². The van der Waals surface area contributed by atoms with E-state index in [1.54, 1.807) is 0 Å². The van der Waals surface area contributed by atoms with Crippen molar-refractivity contribution in [3.05, 3.63) is 64.9 Å². The van der Waals surface area contributed by atoms with Gasteiger partial charge >= 0.3 is 0 Å². The van der Waals surface area contributed by atoms with Crippen LogP contribution in [0.4, 0.5) is 0 Å². The summed E-state index contributed by atoms with van der Waals surface area (Å²) in [6.07, 6.45) is 5.57. The second kappa shape index (κ2) is 8.02. The van der Waals surface area contributed by atoms with Gasteiger partial charge in [0.25, 0.3) is 0 Å². The molecule has 0 fully saturated rings. The third-order valence-corrected chi connectivity index (χ3v) is 3.98. The number of oxazole rings is 1. The van der Waals surface area contributed by atoms with E-state index in [2.05, 4.69) is 42.9 Å². The smallest absolute Gasteiger partial charge is 0.181 e. The average molecular weight is 331 g/mol. The molecule has 122 valence electrons. The van der Waals surface area contributed by atoms with Gasteiger partial charge in [-0.2, -0.15) is 0 Å². The van der Waals surface area contributed by atoms with E-state index in [1.165, 1.54) is 23.1 Å². The molecule has 2 rings (SSSR count). The highest BCUT2D eigenvalue weighted by atomic mass is 35.5. The van der Waals surface area contributed by atoms with Crippen LogP contribution in [0.15, 0.2) is 41.7 Å². The van der Waals surface area contributed by atoms with Gasteiger partial charge in [-0.05, 0) is 55.5 Å². The molecule has 2 aromatic rings. The number of halogens is 1. The molecule has 0 atom stereocenters. The van der Waals surface area contributed by atoms with E-state index < -0.39 is 0 Å². The van der Waals surface area contributed by atoms with Crippen LogP contribution in [0.2, 0.25) is 5.02 Å². The molecule has 4 heteroatoms. The highest BCUT2D eigenvalue weighted by Crippen LogP contribution is 2.26. The van der Waals surface area contributed by atoms with Crippen LogP contribution in [-0.2, 0) is 0 Å². The number of nitrogens with zero attached hydrogens (tertiary/aromatic N) is 1. The molecule has 0 saturated heterocycles. The van der Waals surface area contributed by atoms with Crippen molar-refractivity contribution < 1.29 is 4.42 Å². The Morgan fingerprint density at radius 3 is 2.83 bits per heavy atom. The van der Waals surface area contributed by atoms with Gasteiger partial charge in [0.1, 0.15) is 0 Å². The van der Waals surface area contributed by atoms with Gasteiger partial charge in [-0.25, -0.2) is 4.98 Å². The van der Waals surface area contributed by atoms with Crippen LogP contribution in [0.5, 0.6) is 0 Å². The van der Waals surface area contributed by atoms with Gasteiger partial charge in [0, 0.05) is 11.6 Å². The lowest BCUT2D eigenvalue weighted by Crippen LogP contribution is -2.14. The van der Waals surface area contributed by atoms with Crippen LogP contribution in [0.3, 0.4) is 0 Å². The Morgan fingerprint density at radius 1 is 1.39 bits per heavy atom. The Hall–Kier alpha value is -2.00. The zero-order valence-corrected chi connectivity index (χ0v) is 14.7. The van der Waals surface area contributed by atoms with Crippen molar-refractivity contribution in [1.29, 1.82) is 0 Å². The fourth-order valence-electron chi connectivity index (χ4n) is 2.55. The number of allylic oxidation sites excluding steroid dienone is 1. The molecule has 0 radical (unpaired) electrons. The summed E-state index contributed by atoms with van der Waals surface area (Å²) in [6, 6.07) is 6.02. The third-order valence-electron chi connectivity index (χ3n) is 3.75. The van der Waals surface area contributed by atoms with E-state index in [9.17, 15) is 0 Å². The van der Waals surface area contributed by atoms with Crippen LogP contribution in [0.25, 0.3) is 11.3 Å². The number of hydrogen-bond donors (Lipinski definition) is 1. The van der Waals surface area contributed by atoms with Gasteiger partial charge in [0.05, 0.1) is 11.4 Å². The second-order valence-electron chi connectivity index (χ2n) is 5.52. The Morgan fingerprint density at radius 2 is 2.17 bits per heavy atom. The standard InChI is InChI=1S/C19H23ClN2O/c1-5-6-16(18-11-17(20)8-7-13(18)2)9-10-21-14(3)19-15(4)22-12-23-19/h6-8,11-12,21H,3,5,9-10H2,1-2,4H3/b16-6-. The zero-order chi connectivity index (χ0) is 16.8. The van der Waals surface area contributed by atoms with Gasteiger partial charge in [-0.1, -0.05) is 37.2 Å². The average Bonchev–Trinajstić information content (AvgIpc) is 2.95. The maximum atomic E-state index is 6.15. The molecule has 0 unspecified atom stereocenters. The first kappa shape index (κ1) is 17.4. The number of nitrogens with one attached hydrogen (secondary N) is 1. The van der Waals surface area contributed by atoms with Crippen molar-refractivity contribution in [3.8, 4) is 0 Å². The molecule has 1 aromatic heterocycles. The fraction of sp³-hybridized carbons (Fsp3) is 0.316. The van der Waals surface area contributed by atoms with Crippen molar-refractivity contribution in [1.82, 2.24) is 10.3 Å². The third kappa shape index (κ3) is 4.49. The Kier molecular flexibility index (Phi) is 6.05. The van der Waals surface area contributed by atoms with E-state index in [-0.39, 0.29) is 0 Å². The zero-order valence-electron chi connectivity index (χ0n) is 13.9.